The number of hydrogen-bond donors (Lipinski definition) is 2. The number of aromatic nitrogens is 1. The van der Waals surface area contributed by atoms with Crippen molar-refractivity contribution in [3.63, 3.8) is 0 Å². The lowest BCUT2D eigenvalue weighted by molar-refractivity contribution is -0.129. The third kappa shape index (κ3) is 9.18. The van der Waals surface area contributed by atoms with Crippen molar-refractivity contribution in [1.82, 2.24) is 25.4 Å². The Morgan fingerprint density at radius 1 is 0.935 bits per heavy atom. The smallest absolute Gasteiger partial charge is 0.408 e. The Kier molecular flexibility index (Phi) is 10.8. The van der Waals surface area contributed by atoms with Crippen molar-refractivity contribution in [2.45, 2.75) is 89.6 Å². The normalized spacial score (nSPS) is 17.9. The minimum Gasteiger partial charge on any atom is -0.448 e. The fraction of sp³-hybridized carbons (Fsp3) is 0.500. The summed E-state index contributed by atoms with van der Waals surface area (Å²) in [7, 11) is 0. The van der Waals surface area contributed by atoms with Gasteiger partial charge in [0.1, 0.15) is 23.4 Å². The van der Waals surface area contributed by atoms with Crippen LogP contribution < -0.4 is 10.6 Å². The van der Waals surface area contributed by atoms with Crippen LogP contribution in [0, 0.1) is 11.3 Å². The van der Waals surface area contributed by atoms with Crippen LogP contribution in [0.25, 0.3) is 11.1 Å². The van der Waals surface area contributed by atoms with Gasteiger partial charge in [0, 0.05) is 39.1 Å². The van der Waals surface area contributed by atoms with E-state index in [-0.39, 0.29) is 5.91 Å². The van der Waals surface area contributed by atoms with E-state index in [1.807, 2.05) is 12.1 Å². The van der Waals surface area contributed by atoms with Gasteiger partial charge in [0.05, 0.1) is 18.8 Å². The van der Waals surface area contributed by atoms with Gasteiger partial charge in [-0.25, -0.2) is 9.78 Å². The molecule has 3 aromatic rings. The summed E-state index contributed by atoms with van der Waals surface area (Å²) in [5.41, 5.74) is 2.71. The number of nitriles is 1. The zero-order valence-corrected chi connectivity index (χ0v) is 27.3. The highest BCUT2D eigenvalue weighted by atomic mass is 16.6. The number of piperazine rings is 1. The summed E-state index contributed by atoms with van der Waals surface area (Å²) in [6, 6.07) is 18.3. The molecule has 0 bridgehead atoms. The van der Waals surface area contributed by atoms with Gasteiger partial charge < -0.3 is 19.8 Å². The predicted octanol–water partition coefficient (Wildman–Crippen LogP) is 5.44. The first-order valence-corrected chi connectivity index (χ1v) is 16.3. The number of benzene rings is 2. The van der Waals surface area contributed by atoms with Crippen LogP contribution in [0.2, 0.25) is 0 Å². The Bertz CT molecular complexity index is 1460. The quantitative estimate of drug-likeness (QED) is 0.305. The van der Waals surface area contributed by atoms with E-state index < -0.39 is 23.3 Å². The van der Waals surface area contributed by atoms with E-state index in [2.05, 4.69) is 67.9 Å². The van der Waals surface area contributed by atoms with E-state index in [0.717, 1.165) is 81.1 Å². The highest BCUT2D eigenvalue weighted by Crippen LogP contribution is 2.29. The van der Waals surface area contributed by atoms with Crippen molar-refractivity contribution in [3.8, 4) is 17.2 Å². The SMILES string of the molecule is CC(C)(C)OC(=O)NC1(C(=O)NC(C#N)Cc2ccc(-c3ccc(CN4CCN(Cc5ncco5)CC4)cc3)cc2)CCCCC1. The Labute approximate surface area is 272 Å². The molecule has 1 saturated heterocycles. The summed E-state index contributed by atoms with van der Waals surface area (Å²) in [4.78, 5) is 35.2. The average molecular weight is 627 g/mol. The number of carbonyl (C=O) groups is 2. The van der Waals surface area contributed by atoms with Crippen LogP contribution in [-0.4, -0.2) is 70.1 Å². The molecule has 2 aliphatic rings. The molecule has 5 rings (SSSR count). The third-order valence-electron chi connectivity index (χ3n) is 8.74. The number of nitrogens with one attached hydrogen (secondary N) is 2. The van der Waals surface area contributed by atoms with Crippen molar-refractivity contribution in [2.24, 2.45) is 0 Å². The minimum atomic E-state index is -1.07. The molecule has 2 heterocycles. The zero-order valence-electron chi connectivity index (χ0n) is 27.3. The van der Waals surface area contributed by atoms with E-state index in [4.69, 9.17) is 9.15 Å². The molecule has 10 nitrogen and oxygen atoms in total. The lowest BCUT2D eigenvalue weighted by Crippen LogP contribution is -2.61. The van der Waals surface area contributed by atoms with E-state index in [1.165, 1.54) is 5.56 Å². The number of oxazole rings is 1. The molecule has 2 fully saturated rings. The van der Waals surface area contributed by atoms with Crippen LogP contribution >= 0.6 is 0 Å². The molecular formula is C36H46N6O4. The summed E-state index contributed by atoms with van der Waals surface area (Å²) >= 11 is 0. The molecule has 1 aromatic heterocycles. The minimum absolute atomic E-state index is 0.325. The van der Waals surface area contributed by atoms with Crippen LogP contribution in [0.1, 0.15) is 69.9 Å². The van der Waals surface area contributed by atoms with Crippen LogP contribution in [0.15, 0.2) is 65.4 Å². The summed E-state index contributed by atoms with van der Waals surface area (Å²) in [5.74, 6) is 0.445. The topological polar surface area (TPSA) is 124 Å². The van der Waals surface area contributed by atoms with Gasteiger partial charge >= 0.3 is 6.09 Å². The molecule has 2 amide bonds. The average Bonchev–Trinajstić information content (AvgIpc) is 3.55. The third-order valence-corrected chi connectivity index (χ3v) is 8.74. The zero-order chi connectivity index (χ0) is 32.6. The second-order valence-corrected chi connectivity index (χ2v) is 13.5. The van der Waals surface area contributed by atoms with Crippen molar-refractivity contribution in [2.75, 3.05) is 26.2 Å². The maximum absolute atomic E-state index is 13.5. The second-order valence-electron chi connectivity index (χ2n) is 13.5. The largest absolute Gasteiger partial charge is 0.448 e. The van der Waals surface area contributed by atoms with Gasteiger partial charge in [-0.1, -0.05) is 67.8 Å². The molecule has 2 N–H and O–H groups in total. The van der Waals surface area contributed by atoms with Crippen LogP contribution in [0.3, 0.4) is 0 Å². The van der Waals surface area contributed by atoms with Crippen molar-refractivity contribution in [1.29, 1.82) is 5.26 Å². The molecule has 244 valence electrons. The second kappa shape index (κ2) is 14.9. The monoisotopic (exact) mass is 626 g/mol. The van der Waals surface area contributed by atoms with Gasteiger partial charge in [-0.05, 0) is 55.9 Å². The van der Waals surface area contributed by atoms with E-state index >= 15 is 0 Å². The Morgan fingerprint density at radius 3 is 2.07 bits per heavy atom. The first-order valence-electron chi connectivity index (χ1n) is 16.3. The maximum Gasteiger partial charge on any atom is 0.408 e. The Hall–Kier alpha value is -4.20. The van der Waals surface area contributed by atoms with E-state index in [0.29, 0.717) is 19.3 Å². The molecule has 1 aliphatic heterocycles. The number of alkyl carbamates (subject to hydrolysis) is 1. The maximum atomic E-state index is 13.5. The molecule has 1 atom stereocenters. The summed E-state index contributed by atoms with van der Waals surface area (Å²) < 4.78 is 10.8. The van der Waals surface area contributed by atoms with Crippen molar-refractivity contribution >= 4 is 12.0 Å². The van der Waals surface area contributed by atoms with E-state index in [9.17, 15) is 14.9 Å². The lowest BCUT2D eigenvalue weighted by Gasteiger charge is -2.37. The van der Waals surface area contributed by atoms with Gasteiger partial charge in [-0.2, -0.15) is 5.26 Å². The van der Waals surface area contributed by atoms with Crippen molar-refractivity contribution in [3.05, 3.63) is 78.0 Å². The summed E-state index contributed by atoms with van der Waals surface area (Å²) in [5, 5.41) is 15.7. The standard InChI is InChI=1S/C36H46N6O4/c1-35(2,3)46-34(44)40-36(15-5-4-6-16-36)33(43)39-31(24-37)23-27-7-11-29(12-8-27)30-13-9-28(10-14-30)25-41-18-20-42(21-19-41)26-32-38-17-22-45-32/h7-14,17,22,31H,4-6,15-16,18-21,23,25-26H2,1-3H3,(H,39,43)(H,40,44). The molecule has 46 heavy (non-hydrogen) atoms. The number of amides is 2. The van der Waals surface area contributed by atoms with Gasteiger partial charge in [0.2, 0.25) is 11.8 Å². The summed E-state index contributed by atoms with van der Waals surface area (Å²) in [6.07, 6.45) is 6.77. The van der Waals surface area contributed by atoms with Crippen LogP contribution in [0.4, 0.5) is 4.79 Å². The molecular weight excluding hydrogens is 580 g/mol. The fourth-order valence-corrected chi connectivity index (χ4v) is 6.25. The summed E-state index contributed by atoms with van der Waals surface area (Å²) in [6.45, 7) is 11.1. The molecule has 1 unspecified atom stereocenters. The number of ether oxygens (including phenoxy) is 1. The molecule has 1 aliphatic carbocycles. The van der Waals surface area contributed by atoms with E-state index in [1.54, 1.807) is 33.2 Å². The van der Waals surface area contributed by atoms with Gasteiger partial charge in [-0.15, -0.1) is 0 Å². The fourth-order valence-electron chi connectivity index (χ4n) is 6.25. The Balaban J connectivity index is 1.12. The van der Waals surface area contributed by atoms with Crippen molar-refractivity contribution < 1.29 is 18.7 Å². The predicted molar refractivity (Wildman–Crippen MR) is 175 cm³/mol. The van der Waals surface area contributed by atoms with Crippen LogP contribution in [-0.2, 0) is 29.0 Å². The van der Waals surface area contributed by atoms with Gasteiger partial charge in [-0.3, -0.25) is 14.6 Å². The molecule has 1 saturated carbocycles. The van der Waals surface area contributed by atoms with Gasteiger partial charge in [0.15, 0.2) is 0 Å². The molecule has 0 radical (unpaired) electrons. The number of carbonyl (C=O) groups excluding carboxylic acids is 2. The Morgan fingerprint density at radius 2 is 1.52 bits per heavy atom. The lowest BCUT2D eigenvalue weighted by atomic mass is 9.80. The number of hydrogen-bond acceptors (Lipinski definition) is 8. The van der Waals surface area contributed by atoms with Crippen LogP contribution in [0.5, 0.6) is 0 Å². The van der Waals surface area contributed by atoms with Gasteiger partial charge in [0.25, 0.3) is 0 Å². The molecule has 0 spiro atoms. The highest BCUT2D eigenvalue weighted by Gasteiger charge is 2.42. The first-order chi connectivity index (χ1) is 22.1. The number of nitrogens with zero attached hydrogens (tertiary/aromatic N) is 4. The number of rotatable bonds is 10. The molecule has 2 aromatic carbocycles. The molecule has 10 heteroatoms. The first kappa shape index (κ1) is 33.2. The highest BCUT2D eigenvalue weighted by molar-refractivity contribution is 5.90.